The lowest BCUT2D eigenvalue weighted by molar-refractivity contribution is -0.134. The summed E-state index contributed by atoms with van der Waals surface area (Å²) in [5, 5.41) is 10.9. The van der Waals surface area contributed by atoms with Crippen LogP contribution in [0.2, 0.25) is 0 Å². The van der Waals surface area contributed by atoms with Crippen LogP contribution < -0.4 is 4.74 Å². The number of aromatic hydroxyl groups is 1. The van der Waals surface area contributed by atoms with E-state index in [4.69, 9.17) is 9.47 Å². The molecule has 0 saturated heterocycles. The van der Waals surface area contributed by atoms with Crippen molar-refractivity contribution in [1.82, 2.24) is 0 Å². The molecule has 2 unspecified atom stereocenters. The molecule has 1 N–H and O–H groups in total. The van der Waals surface area contributed by atoms with Crippen molar-refractivity contribution in [2.75, 3.05) is 6.79 Å². The van der Waals surface area contributed by atoms with Crippen molar-refractivity contribution in [1.29, 1.82) is 0 Å². The van der Waals surface area contributed by atoms with Crippen molar-refractivity contribution in [3.63, 3.8) is 0 Å². The molecule has 0 radical (unpaired) electrons. The van der Waals surface area contributed by atoms with E-state index in [1.165, 1.54) is 5.57 Å². The van der Waals surface area contributed by atoms with E-state index in [1.54, 1.807) is 0 Å². The molecule has 2 rings (SSSR count). The number of carbonyl (C=O) groups excluding carboxylic acids is 1. The van der Waals surface area contributed by atoms with E-state index in [0.29, 0.717) is 12.2 Å². The smallest absolute Gasteiger partial charge is 0.295 e. The number of hydrogen-bond donors (Lipinski definition) is 1. The molecule has 0 fully saturated rings. The highest BCUT2D eigenvalue weighted by atomic mass is 16.7. The normalized spacial score (nSPS) is 19.3. The van der Waals surface area contributed by atoms with E-state index in [-0.39, 0.29) is 24.4 Å². The maximum atomic E-state index is 10.9. The Morgan fingerprint density at radius 3 is 2.81 bits per heavy atom. The first-order chi connectivity index (χ1) is 13.0. The van der Waals surface area contributed by atoms with Gasteiger partial charge in [0.1, 0.15) is 11.5 Å². The predicted molar refractivity (Wildman–Crippen MR) is 108 cm³/mol. The first-order valence-electron chi connectivity index (χ1n) is 9.84. The van der Waals surface area contributed by atoms with E-state index < -0.39 is 0 Å². The summed E-state index contributed by atoms with van der Waals surface area (Å²) in [5.74, 6) is 1.09. The van der Waals surface area contributed by atoms with E-state index in [9.17, 15) is 9.90 Å². The Bertz CT molecular complexity index is 690. The zero-order valence-corrected chi connectivity index (χ0v) is 16.8. The van der Waals surface area contributed by atoms with Gasteiger partial charge in [-0.05, 0) is 63.1 Å². The molecular weight excluding hydrogens is 340 g/mol. The average molecular weight is 373 g/mol. The number of allylic oxidation sites excluding steroid dienone is 3. The number of rotatable bonds is 10. The number of phenolic OH excluding ortho intramolecular Hbond substituents is 1. The summed E-state index contributed by atoms with van der Waals surface area (Å²) in [4.78, 5) is 10.5. The molecule has 2 atom stereocenters. The number of hydrogen-bond acceptors (Lipinski definition) is 4. The minimum Gasteiger partial charge on any atom is -0.507 e. The number of unbranched alkanes of at least 4 members (excludes halogenated alkanes) is 2. The minimum atomic E-state index is -0.165. The monoisotopic (exact) mass is 372 g/mol. The van der Waals surface area contributed by atoms with Crippen LogP contribution in [0.25, 0.3) is 0 Å². The molecule has 0 aliphatic heterocycles. The predicted octanol–water partition coefficient (Wildman–Crippen LogP) is 5.65. The second-order valence-electron chi connectivity index (χ2n) is 7.54. The third-order valence-electron chi connectivity index (χ3n) is 5.31. The van der Waals surface area contributed by atoms with E-state index in [0.717, 1.165) is 55.2 Å². The Kier molecular flexibility index (Phi) is 7.96. The largest absolute Gasteiger partial charge is 0.507 e. The topological polar surface area (TPSA) is 55.8 Å². The number of carbonyl (C=O) groups is 1. The SMILES string of the molecule is C=C(C)C1CCC(C)=CC1c1c(O)cc(CCCCC)cc1OCOC=O. The van der Waals surface area contributed by atoms with Crippen LogP contribution in [0.15, 0.2) is 35.9 Å². The molecule has 0 aromatic heterocycles. The van der Waals surface area contributed by atoms with Gasteiger partial charge < -0.3 is 14.6 Å². The molecule has 0 saturated carbocycles. The van der Waals surface area contributed by atoms with Crippen LogP contribution in [0.5, 0.6) is 11.5 Å². The van der Waals surface area contributed by atoms with Crippen molar-refractivity contribution in [3.05, 3.63) is 47.1 Å². The van der Waals surface area contributed by atoms with Gasteiger partial charge in [0.15, 0.2) is 0 Å². The van der Waals surface area contributed by atoms with Crippen LogP contribution in [0.4, 0.5) is 0 Å². The zero-order chi connectivity index (χ0) is 19.8. The molecule has 1 aliphatic rings. The molecular formula is C23H32O4. The Balaban J connectivity index is 2.43. The van der Waals surface area contributed by atoms with Crippen molar-refractivity contribution in [2.24, 2.45) is 5.92 Å². The molecule has 0 heterocycles. The van der Waals surface area contributed by atoms with Gasteiger partial charge in [0, 0.05) is 11.5 Å². The molecule has 148 valence electrons. The van der Waals surface area contributed by atoms with E-state index >= 15 is 0 Å². The molecule has 0 spiro atoms. The highest BCUT2D eigenvalue weighted by Gasteiger charge is 2.30. The first kappa shape index (κ1) is 21.1. The summed E-state index contributed by atoms with van der Waals surface area (Å²) in [7, 11) is 0. The van der Waals surface area contributed by atoms with Gasteiger partial charge >= 0.3 is 0 Å². The highest BCUT2D eigenvalue weighted by molar-refractivity contribution is 5.52. The van der Waals surface area contributed by atoms with Crippen LogP contribution in [-0.2, 0) is 16.0 Å². The third-order valence-corrected chi connectivity index (χ3v) is 5.31. The Morgan fingerprint density at radius 1 is 1.37 bits per heavy atom. The van der Waals surface area contributed by atoms with Gasteiger partial charge in [-0.1, -0.05) is 43.6 Å². The molecule has 1 aromatic carbocycles. The molecule has 0 bridgehead atoms. The maximum Gasteiger partial charge on any atom is 0.295 e. The Morgan fingerprint density at radius 2 is 2.15 bits per heavy atom. The van der Waals surface area contributed by atoms with Crippen LogP contribution in [0.3, 0.4) is 0 Å². The molecule has 4 nitrogen and oxygen atoms in total. The summed E-state index contributed by atoms with van der Waals surface area (Å²) in [6, 6.07) is 3.83. The second-order valence-corrected chi connectivity index (χ2v) is 7.54. The summed E-state index contributed by atoms with van der Waals surface area (Å²) in [6.07, 6.45) is 8.50. The second kappa shape index (κ2) is 10.2. The van der Waals surface area contributed by atoms with Gasteiger partial charge in [-0.3, -0.25) is 4.79 Å². The fourth-order valence-electron chi connectivity index (χ4n) is 3.88. The van der Waals surface area contributed by atoms with Gasteiger partial charge in [0.05, 0.1) is 0 Å². The molecule has 1 aliphatic carbocycles. The quantitative estimate of drug-likeness (QED) is 0.249. The van der Waals surface area contributed by atoms with Crippen molar-refractivity contribution >= 4 is 6.47 Å². The number of ether oxygens (including phenoxy) is 2. The minimum absolute atomic E-state index is 0.00664. The average Bonchev–Trinajstić information content (AvgIpc) is 2.61. The standard InChI is InChI=1S/C23H32O4/c1-5-6-7-8-18-12-21(25)23(22(13-18)27-15-26-14-24)20-11-17(4)9-10-19(20)16(2)3/h11-14,19-20,25H,2,5-10,15H2,1,3-4H3. The van der Waals surface area contributed by atoms with Crippen LogP contribution >= 0.6 is 0 Å². The van der Waals surface area contributed by atoms with Crippen LogP contribution in [-0.4, -0.2) is 18.4 Å². The lowest BCUT2D eigenvalue weighted by Crippen LogP contribution is -2.18. The van der Waals surface area contributed by atoms with Gasteiger partial charge in [-0.2, -0.15) is 0 Å². The number of benzene rings is 1. The fraction of sp³-hybridized carbons (Fsp3) is 0.522. The Hall–Kier alpha value is -2.23. The van der Waals surface area contributed by atoms with E-state index in [1.807, 2.05) is 19.1 Å². The van der Waals surface area contributed by atoms with Crippen molar-refractivity contribution in [3.8, 4) is 11.5 Å². The van der Waals surface area contributed by atoms with Crippen LogP contribution in [0, 0.1) is 5.92 Å². The Labute approximate surface area is 162 Å². The fourth-order valence-corrected chi connectivity index (χ4v) is 3.88. The highest BCUT2D eigenvalue weighted by Crippen LogP contribution is 2.47. The van der Waals surface area contributed by atoms with Gasteiger partial charge in [0.25, 0.3) is 6.47 Å². The van der Waals surface area contributed by atoms with Crippen molar-refractivity contribution in [2.45, 2.75) is 65.2 Å². The van der Waals surface area contributed by atoms with Crippen LogP contribution in [0.1, 0.15) is 69.9 Å². The third kappa shape index (κ3) is 5.62. The zero-order valence-electron chi connectivity index (χ0n) is 16.8. The van der Waals surface area contributed by atoms with Gasteiger partial charge in [-0.25, -0.2) is 0 Å². The van der Waals surface area contributed by atoms with Gasteiger partial charge in [-0.15, -0.1) is 0 Å². The molecule has 4 heteroatoms. The molecule has 0 amide bonds. The lowest BCUT2D eigenvalue weighted by Gasteiger charge is -2.32. The first-order valence-corrected chi connectivity index (χ1v) is 9.84. The summed E-state index contributed by atoms with van der Waals surface area (Å²) < 4.78 is 10.5. The number of phenols is 1. The maximum absolute atomic E-state index is 10.9. The van der Waals surface area contributed by atoms with Gasteiger partial charge in [0.2, 0.25) is 6.79 Å². The summed E-state index contributed by atoms with van der Waals surface area (Å²) >= 11 is 0. The summed E-state index contributed by atoms with van der Waals surface area (Å²) in [5.41, 5.74) is 4.20. The van der Waals surface area contributed by atoms with E-state index in [2.05, 4.69) is 26.5 Å². The van der Waals surface area contributed by atoms with Crippen molar-refractivity contribution < 1.29 is 19.4 Å². The lowest BCUT2D eigenvalue weighted by atomic mass is 9.73. The molecule has 1 aromatic rings. The molecule has 27 heavy (non-hydrogen) atoms. The summed E-state index contributed by atoms with van der Waals surface area (Å²) in [6.45, 7) is 10.7. The number of aryl methyl sites for hydroxylation is 1.